The zero-order valence-corrected chi connectivity index (χ0v) is 16.7. The monoisotopic (exact) mass is 397 g/mol. The van der Waals surface area contributed by atoms with Crippen LogP contribution in [0.1, 0.15) is 28.4 Å². The molecule has 1 aliphatic heterocycles. The Kier molecular flexibility index (Phi) is 3.70. The fourth-order valence-electron chi connectivity index (χ4n) is 3.31. The van der Waals surface area contributed by atoms with Gasteiger partial charge in [0.15, 0.2) is 0 Å². The van der Waals surface area contributed by atoms with E-state index >= 15 is 0 Å². The average Bonchev–Trinajstić information content (AvgIpc) is 3.38. The fourth-order valence-corrected chi connectivity index (χ4v) is 5.82. The summed E-state index contributed by atoms with van der Waals surface area (Å²) in [5.41, 5.74) is 4.35. The average molecular weight is 398 g/mol. The smallest absolute Gasteiger partial charge is 0.262 e. The molecule has 0 aliphatic carbocycles. The Morgan fingerprint density at radius 1 is 1.23 bits per heavy atom. The number of nitrogens with zero attached hydrogens (tertiary/aromatic N) is 3. The maximum atomic E-state index is 12.9. The molecular weight excluding hydrogens is 382 g/mol. The van der Waals surface area contributed by atoms with E-state index in [0.717, 1.165) is 49.9 Å². The number of thiazole rings is 1. The van der Waals surface area contributed by atoms with Crippen LogP contribution in [0.2, 0.25) is 0 Å². The maximum absolute atomic E-state index is 12.9. The number of aryl methyl sites for hydroxylation is 2. The fraction of sp³-hybridized carbons (Fsp3) is 0.211. The van der Waals surface area contributed by atoms with Crippen molar-refractivity contribution < 1.29 is 0 Å². The Morgan fingerprint density at radius 3 is 2.92 bits per heavy atom. The topological polar surface area (TPSA) is 47.8 Å². The molecule has 0 atom stereocenters. The summed E-state index contributed by atoms with van der Waals surface area (Å²) in [4.78, 5) is 24.5. The molecule has 0 bridgehead atoms. The Bertz CT molecular complexity index is 1230. The summed E-state index contributed by atoms with van der Waals surface area (Å²) in [6.07, 6.45) is 2.90. The van der Waals surface area contributed by atoms with E-state index in [-0.39, 0.29) is 5.56 Å². The van der Waals surface area contributed by atoms with Crippen LogP contribution in [0.4, 0.5) is 0 Å². The highest BCUT2D eigenvalue weighted by Gasteiger charge is 2.23. The molecular formula is C19H15N3OS3. The minimum atomic E-state index is 0.0903. The molecule has 0 saturated heterocycles. The SMILES string of the molecule is Cc1sc2nc3n(c(=O)c2c1C)CC/C3=C\c1csc(-c2ccsc2)n1. The van der Waals surface area contributed by atoms with Crippen LogP contribution < -0.4 is 5.56 Å². The largest absolute Gasteiger partial charge is 0.292 e. The van der Waals surface area contributed by atoms with Crippen LogP contribution in [0, 0.1) is 13.8 Å². The standard InChI is InChI=1S/C19H15N3OS3/c1-10-11(2)26-18-15(10)19(23)22-5-3-12(16(22)21-18)7-14-9-25-17(20-14)13-4-6-24-8-13/h4,6-9H,3,5H2,1-2H3/b12-7+. The van der Waals surface area contributed by atoms with E-state index < -0.39 is 0 Å². The van der Waals surface area contributed by atoms with Crippen LogP contribution in [0.15, 0.2) is 27.0 Å². The van der Waals surface area contributed by atoms with E-state index in [1.165, 1.54) is 4.88 Å². The number of fused-ring (bicyclic) bond motifs is 2. The van der Waals surface area contributed by atoms with Gasteiger partial charge in [0, 0.05) is 27.7 Å². The van der Waals surface area contributed by atoms with Gasteiger partial charge in [-0.05, 0) is 48.9 Å². The number of hydrogen-bond donors (Lipinski definition) is 0. The van der Waals surface area contributed by atoms with Crippen molar-refractivity contribution in [2.45, 2.75) is 26.8 Å². The molecule has 0 fully saturated rings. The first-order valence-corrected chi connectivity index (χ1v) is 11.0. The Labute approximate surface area is 162 Å². The molecule has 4 aromatic rings. The van der Waals surface area contributed by atoms with Crippen LogP contribution in [-0.4, -0.2) is 14.5 Å². The van der Waals surface area contributed by atoms with Crippen LogP contribution in [0.5, 0.6) is 0 Å². The second kappa shape index (κ2) is 5.97. The molecule has 0 N–H and O–H groups in total. The third kappa shape index (κ3) is 2.42. The van der Waals surface area contributed by atoms with E-state index in [0.29, 0.717) is 6.54 Å². The van der Waals surface area contributed by atoms with E-state index in [2.05, 4.69) is 35.2 Å². The number of thiophene rings is 2. The first kappa shape index (κ1) is 16.1. The molecule has 4 aromatic heterocycles. The molecule has 7 heteroatoms. The summed E-state index contributed by atoms with van der Waals surface area (Å²) in [6.45, 7) is 4.75. The molecule has 0 radical (unpaired) electrons. The number of aromatic nitrogens is 3. The van der Waals surface area contributed by atoms with Crippen molar-refractivity contribution >= 4 is 55.9 Å². The highest BCUT2D eigenvalue weighted by Crippen LogP contribution is 2.33. The second-order valence-electron chi connectivity index (χ2n) is 6.36. The minimum Gasteiger partial charge on any atom is -0.292 e. The van der Waals surface area contributed by atoms with Gasteiger partial charge in [-0.15, -0.1) is 22.7 Å². The van der Waals surface area contributed by atoms with Gasteiger partial charge in [0.1, 0.15) is 15.7 Å². The molecule has 0 aromatic carbocycles. The first-order valence-electron chi connectivity index (χ1n) is 8.31. The zero-order chi connectivity index (χ0) is 17.8. The van der Waals surface area contributed by atoms with Crippen LogP contribution in [0.3, 0.4) is 0 Å². The van der Waals surface area contributed by atoms with Gasteiger partial charge in [-0.25, -0.2) is 9.97 Å². The Morgan fingerprint density at radius 2 is 2.12 bits per heavy atom. The lowest BCUT2D eigenvalue weighted by Gasteiger charge is -2.03. The minimum absolute atomic E-state index is 0.0903. The predicted octanol–water partition coefficient (Wildman–Crippen LogP) is 5.20. The van der Waals surface area contributed by atoms with Gasteiger partial charge >= 0.3 is 0 Å². The molecule has 5 rings (SSSR count). The summed E-state index contributed by atoms with van der Waals surface area (Å²) in [6, 6.07) is 2.09. The van der Waals surface area contributed by atoms with E-state index in [1.54, 1.807) is 34.0 Å². The number of rotatable bonds is 2. The zero-order valence-electron chi connectivity index (χ0n) is 14.3. The lowest BCUT2D eigenvalue weighted by atomic mass is 10.2. The van der Waals surface area contributed by atoms with E-state index in [9.17, 15) is 4.79 Å². The number of allylic oxidation sites excluding steroid dienone is 1. The van der Waals surface area contributed by atoms with Crippen molar-refractivity contribution in [3.63, 3.8) is 0 Å². The van der Waals surface area contributed by atoms with Crippen molar-refractivity contribution in [2.24, 2.45) is 0 Å². The molecule has 5 heterocycles. The van der Waals surface area contributed by atoms with Crippen molar-refractivity contribution in [3.8, 4) is 10.6 Å². The van der Waals surface area contributed by atoms with Crippen molar-refractivity contribution in [1.82, 2.24) is 14.5 Å². The third-order valence-electron chi connectivity index (χ3n) is 4.79. The summed E-state index contributed by atoms with van der Waals surface area (Å²) < 4.78 is 1.82. The van der Waals surface area contributed by atoms with Gasteiger partial charge in [-0.3, -0.25) is 9.36 Å². The Hall–Kier alpha value is -2.09. The number of hydrogen-bond acceptors (Lipinski definition) is 6. The predicted molar refractivity (Wildman–Crippen MR) is 111 cm³/mol. The van der Waals surface area contributed by atoms with Crippen LogP contribution in [0.25, 0.3) is 32.4 Å². The molecule has 130 valence electrons. The van der Waals surface area contributed by atoms with Gasteiger partial charge in [0.2, 0.25) is 0 Å². The van der Waals surface area contributed by atoms with Gasteiger partial charge in [0.05, 0.1) is 11.1 Å². The highest BCUT2D eigenvalue weighted by molar-refractivity contribution is 7.18. The van der Waals surface area contributed by atoms with Crippen molar-refractivity contribution in [2.75, 3.05) is 0 Å². The summed E-state index contributed by atoms with van der Waals surface area (Å²) >= 11 is 4.93. The van der Waals surface area contributed by atoms with Gasteiger partial charge < -0.3 is 0 Å². The van der Waals surface area contributed by atoms with Crippen molar-refractivity contribution in [1.29, 1.82) is 0 Å². The third-order valence-corrected chi connectivity index (χ3v) is 7.49. The first-order chi connectivity index (χ1) is 12.6. The molecule has 1 aliphatic rings. The Balaban J connectivity index is 1.61. The van der Waals surface area contributed by atoms with Gasteiger partial charge in [0.25, 0.3) is 5.56 Å². The maximum Gasteiger partial charge on any atom is 0.262 e. The molecule has 0 unspecified atom stereocenters. The summed E-state index contributed by atoms with van der Waals surface area (Å²) in [7, 11) is 0. The lowest BCUT2D eigenvalue weighted by molar-refractivity contribution is 0.726. The molecule has 0 spiro atoms. The quantitative estimate of drug-likeness (QED) is 0.467. The molecule has 0 amide bonds. The summed E-state index contributed by atoms with van der Waals surface area (Å²) in [5.74, 6) is 0.800. The molecule has 0 saturated carbocycles. The van der Waals surface area contributed by atoms with E-state index in [4.69, 9.17) is 9.97 Å². The lowest BCUT2D eigenvalue weighted by Crippen LogP contribution is -2.20. The molecule has 4 nitrogen and oxygen atoms in total. The van der Waals surface area contributed by atoms with Crippen molar-refractivity contribution in [3.05, 3.63) is 54.5 Å². The van der Waals surface area contributed by atoms with Gasteiger partial charge in [-0.2, -0.15) is 11.3 Å². The summed E-state index contributed by atoms with van der Waals surface area (Å²) in [5, 5.41) is 8.06. The second-order valence-corrected chi connectivity index (χ2v) is 9.21. The van der Waals surface area contributed by atoms with Gasteiger partial charge in [-0.1, -0.05) is 0 Å². The van der Waals surface area contributed by atoms with Crippen LogP contribution >= 0.6 is 34.0 Å². The highest BCUT2D eigenvalue weighted by atomic mass is 32.1. The van der Waals surface area contributed by atoms with Crippen LogP contribution in [-0.2, 0) is 6.54 Å². The normalized spacial score (nSPS) is 15.2. The van der Waals surface area contributed by atoms with E-state index in [1.807, 2.05) is 11.5 Å². The molecule has 26 heavy (non-hydrogen) atoms.